The Morgan fingerprint density at radius 3 is 2.94 bits per heavy atom. The first-order valence-electron chi connectivity index (χ1n) is 6.00. The molecule has 1 heterocycles. The predicted octanol–water partition coefficient (Wildman–Crippen LogP) is 1.04. The maximum atomic E-state index is 8.77. The normalized spacial score (nSPS) is 11.6. The van der Waals surface area contributed by atoms with Gasteiger partial charge in [0.2, 0.25) is 0 Å². The van der Waals surface area contributed by atoms with Crippen LogP contribution in [-0.2, 0) is 4.74 Å². The van der Waals surface area contributed by atoms with E-state index in [2.05, 4.69) is 10.1 Å². The average molecular weight is 252 g/mol. The summed E-state index contributed by atoms with van der Waals surface area (Å²) in [4.78, 5) is 6.33. The second-order valence-corrected chi connectivity index (χ2v) is 3.64. The summed E-state index contributed by atoms with van der Waals surface area (Å²) < 4.78 is 5.33. The number of hydrogen-bond acceptors (Lipinski definition) is 5. The molecule has 0 amide bonds. The van der Waals surface area contributed by atoms with E-state index in [4.69, 9.17) is 15.7 Å². The van der Waals surface area contributed by atoms with Crippen molar-refractivity contribution in [2.24, 2.45) is 10.9 Å². The lowest BCUT2D eigenvalue weighted by molar-refractivity contribution is 0.154. The van der Waals surface area contributed by atoms with Crippen molar-refractivity contribution in [2.75, 3.05) is 31.2 Å². The lowest BCUT2D eigenvalue weighted by Gasteiger charge is -2.23. The van der Waals surface area contributed by atoms with Crippen molar-refractivity contribution in [2.45, 2.75) is 13.8 Å². The lowest BCUT2D eigenvalue weighted by atomic mass is 10.2. The Labute approximate surface area is 107 Å². The second kappa shape index (κ2) is 7.50. The Balaban J connectivity index is 2.91. The molecule has 0 saturated carbocycles. The van der Waals surface area contributed by atoms with Crippen LogP contribution in [0.5, 0.6) is 0 Å². The van der Waals surface area contributed by atoms with Crippen LogP contribution in [0.3, 0.4) is 0 Å². The molecule has 0 atom stereocenters. The largest absolute Gasteiger partial charge is 0.409 e. The second-order valence-electron chi connectivity index (χ2n) is 3.64. The van der Waals surface area contributed by atoms with Gasteiger partial charge in [-0.15, -0.1) is 0 Å². The topological polar surface area (TPSA) is 84.0 Å². The zero-order chi connectivity index (χ0) is 13.4. The molecule has 0 aliphatic carbocycles. The summed E-state index contributed by atoms with van der Waals surface area (Å²) in [6.07, 6.45) is 1.69. The number of oxime groups is 1. The third-order valence-electron chi connectivity index (χ3n) is 2.56. The van der Waals surface area contributed by atoms with E-state index in [1.54, 1.807) is 18.3 Å². The monoisotopic (exact) mass is 252 g/mol. The highest BCUT2D eigenvalue weighted by molar-refractivity contribution is 6.01. The molecule has 0 saturated heterocycles. The highest BCUT2D eigenvalue weighted by Crippen LogP contribution is 2.16. The molecule has 0 radical (unpaired) electrons. The zero-order valence-corrected chi connectivity index (χ0v) is 10.8. The molecule has 3 N–H and O–H groups in total. The summed E-state index contributed by atoms with van der Waals surface area (Å²) in [5.74, 6) is 0.767. The maximum absolute atomic E-state index is 8.77. The number of ether oxygens (including phenoxy) is 1. The summed E-state index contributed by atoms with van der Waals surface area (Å²) in [6, 6.07) is 3.54. The van der Waals surface area contributed by atoms with Gasteiger partial charge in [0.25, 0.3) is 0 Å². The molecular weight excluding hydrogens is 232 g/mol. The molecule has 100 valence electrons. The van der Waals surface area contributed by atoms with Crippen molar-refractivity contribution in [1.29, 1.82) is 0 Å². The van der Waals surface area contributed by atoms with Crippen molar-refractivity contribution in [3.05, 3.63) is 23.9 Å². The molecule has 1 rings (SSSR count). The van der Waals surface area contributed by atoms with Crippen LogP contribution in [0.25, 0.3) is 0 Å². The predicted molar refractivity (Wildman–Crippen MR) is 71.1 cm³/mol. The minimum absolute atomic E-state index is 0.0629. The van der Waals surface area contributed by atoms with Gasteiger partial charge in [-0.25, -0.2) is 4.98 Å². The molecule has 1 aromatic rings. The average Bonchev–Trinajstić information content (AvgIpc) is 2.43. The molecule has 1 aromatic heterocycles. The summed E-state index contributed by atoms with van der Waals surface area (Å²) in [5, 5.41) is 11.8. The van der Waals surface area contributed by atoms with Crippen LogP contribution in [0.2, 0.25) is 0 Å². The van der Waals surface area contributed by atoms with Crippen LogP contribution >= 0.6 is 0 Å². The fraction of sp³-hybridized carbons (Fsp3) is 0.500. The van der Waals surface area contributed by atoms with Crippen molar-refractivity contribution in [3.63, 3.8) is 0 Å². The Bertz CT molecular complexity index is 395. The van der Waals surface area contributed by atoms with Gasteiger partial charge in [0, 0.05) is 25.9 Å². The Morgan fingerprint density at radius 1 is 1.56 bits per heavy atom. The SMILES string of the molecule is CCOCCN(CC)c1ncccc1C(N)=NO. The third-order valence-corrected chi connectivity index (χ3v) is 2.56. The lowest BCUT2D eigenvalue weighted by Crippen LogP contribution is -2.30. The van der Waals surface area contributed by atoms with Crippen LogP contribution in [0.1, 0.15) is 19.4 Å². The molecule has 0 bridgehead atoms. The van der Waals surface area contributed by atoms with Crippen LogP contribution in [-0.4, -0.2) is 42.3 Å². The van der Waals surface area contributed by atoms with E-state index in [1.165, 1.54) is 0 Å². The van der Waals surface area contributed by atoms with Crippen molar-refractivity contribution >= 4 is 11.7 Å². The zero-order valence-electron chi connectivity index (χ0n) is 10.8. The van der Waals surface area contributed by atoms with Crippen LogP contribution in [0, 0.1) is 0 Å². The summed E-state index contributed by atoms with van der Waals surface area (Å²) >= 11 is 0. The van der Waals surface area contributed by atoms with Crippen molar-refractivity contribution in [1.82, 2.24) is 4.98 Å². The van der Waals surface area contributed by atoms with Crippen molar-refractivity contribution < 1.29 is 9.94 Å². The minimum atomic E-state index is 0.0629. The van der Waals surface area contributed by atoms with Crippen LogP contribution in [0.15, 0.2) is 23.5 Å². The van der Waals surface area contributed by atoms with Gasteiger partial charge in [0.15, 0.2) is 5.84 Å². The summed E-state index contributed by atoms with van der Waals surface area (Å²) in [6.45, 7) is 6.78. The highest BCUT2D eigenvalue weighted by atomic mass is 16.5. The van der Waals surface area contributed by atoms with E-state index in [0.29, 0.717) is 31.1 Å². The molecule has 6 nitrogen and oxygen atoms in total. The molecule has 0 unspecified atom stereocenters. The van der Waals surface area contributed by atoms with E-state index in [9.17, 15) is 0 Å². The first-order chi connectivity index (χ1) is 8.74. The smallest absolute Gasteiger partial charge is 0.173 e. The fourth-order valence-corrected chi connectivity index (χ4v) is 1.64. The molecule has 18 heavy (non-hydrogen) atoms. The highest BCUT2D eigenvalue weighted by Gasteiger charge is 2.13. The number of nitrogens with zero attached hydrogens (tertiary/aromatic N) is 3. The molecule has 0 spiro atoms. The van der Waals surface area contributed by atoms with Crippen LogP contribution in [0.4, 0.5) is 5.82 Å². The van der Waals surface area contributed by atoms with E-state index >= 15 is 0 Å². The van der Waals surface area contributed by atoms with Gasteiger partial charge in [0.05, 0.1) is 12.2 Å². The van der Waals surface area contributed by atoms with Gasteiger partial charge in [-0.3, -0.25) is 0 Å². The quantitative estimate of drug-likeness (QED) is 0.249. The van der Waals surface area contributed by atoms with Gasteiger partial charge in [-0.05, 0) is 26.0 Å². The van der Waals surface area contributed by atoms with Gasteiger partial charge >= 0.3 is 0 Å². The molecular formula is C12H20N4O2. The van der Waals surface area contributed by atoms with E-state index in [1.807, 2.05) is 18.7 Å². The number of nitrogens with two attached hydrogens (primary N) is 1. The summed E-state index contributed by atoms with van der Waals surface area (Å²) in [7, 11) is 0. The molecule has 0 aliphatic heterocycles. The van der Waals surface area contributed by atoms with E-state index < -0.39 is 0 Å². The number of anilines is 1. The van der Waals surface area contributed by atoms with E-state index in [-0.39, 0.29) is 5.84 Å². The van der Waals surface area contributed by atoms with Gasteiger partial charge in [-0.2, -0.15) is 0 Å². The molecule has 0 aromatic carbocycles. The Morgan fingerprint density at radius 2 is 2.33 bits per heavy atom. The number of rotatable bonds is 7. The molecule has 0 aliphatic rings. The van der Waals surface area contributed by atoms with E-state index in [0.717, 1.165) is 6.54 Å². The van der Waals surface area contributed by atoms with Gasteiger partial charge < -0.3 is 20.6 Å². The summed E-state index contributed by atoms with van der Waals surface area (Å²) in [5.41, 5.74) is 6.27. The van der Waals surface area contributed by atoms with Crippen molar-refractivity contribution in [3.8, 4) is 0 Å². The number of aromatic nitrogens is 1. The van der Waals surface area contributed by atoms with Gasteiger partial charge in [0.1, 0.15) is 5.82 Å². The minimum Gasteiger partial charge on any atom is -0.409 e. The molecule has 6 heteroatoms. The number of amidine groups is 1. The number of likely N-dealkylation sites (N-methyl/N-ethyl adjacent to an activating group) is 1. The molecule has 0 fully saturated rings. The maximum Gasteiger partial charge on any atom is 0.173 e. The standard InChI is InChI=1S/C12H20N4O2/c1-3-16(8-9-18-4-2)12-10(11(13)15-17)6-5-7-14-12/h5-7,17H,3-4,8-9H2,1-2H3,(H2,13,15). The first kappa shape index (κ1) is 14.2. The van der Waals surface area contributed by atoms with Gasteiger partial charge in [-0.1, -0.05) is 5.16 Å². The number of pyridine rings is 1. The Kier molecular flexibility index (Phi) is 5.93. The fourth-order valence-electron chi connectivity index (χ4n) is 1.64. The van der Waals surface area contributed by atoms with Crippen LogP contribution < -0.4 is 10.6 Å². The first-order valence-corrected chi connectivity index (χ1v) is 6.00. The third kappa shape index (κ3) is 3.59. The number of hydrogen-bond donors (Lipinski definition) is 2. The Hall–Kier alpha value is -1.82.